The van der Waals surface area contributed by atoms with Gasteiger partial charge in [0.05, 0.1) is 6.04 Å². The van der Waals surface area contributed by atoms with Crippen molar-refractivity contribution in [1.82, 2.24) is 15.1 Å². The lowest BCUT2D eigenvalue weighted by molar-refractivity contribution is 0.113. The number of terminal acetylenes is 1. The van der Waals surface area contributed by atoms with Gasteiger partial charge in [0.2, 0.25) is 0 Å². The number of likely N-dealkylation sites (N-methyl/N-ethyl adjacent to an activating group) is 2. The van der Waals surface area contributed by atoms with Gasteiger partial charge >= 0.3 is 0 Å². The van der Waals surface area contributed by atoms with Crippen LogP contribution < -0.4 is 5.32 Å². The van der Waals surface area contributed by atoms with Gasteiger partial charge in [-0.15, -0.1) is 6.42 Å². The van der Waals surface area contributed by atoms with Gasteiger partial charge in [-0.05, 0) is 21.0 Å². The third-order valence-corrected chi connectivity index (χ3v) is 2.89. The van der Waals surface area contributed by atoms with Crippen LogP contribution in [0.25, 0.3) is 0 Å². The van der Waals surface area contributed by atoms with Gasteiger partial charge in [0.1, 0.15) is 0 Å². The first-order valence-electron chi connectivity index (χ1n) is 5.21. The first-order valence-corrected chi connectivity index (χ1v) is 5.21. The van der Waals surface area contributed by atoms with Crippen molar-refractivity contribution in [2.45, 2.75) is 19.0 Å². The molecule has 80 valence electrons. The lowest BCUT2D eigenvalue weighted by atomic mass is 10.2. The van der Waals surface area contributed by atoms with Gasteiger partial charge in [-0.2, -0.15) is 0 Å². The largest absolute Gasteiger partial charge is 0.303 e. The Kier molecular flexibility index (Phi) is 4.40. The van der Waals surface area contributed by atoms with Crippen molar-refractivity contribution in [2.24, 2.45) is 0 Å². The molecule has 0 aromatic carbocycles. The van der Waals surface area contributed by atoms with Crippen LogP contribution in [0.4, 0.5) is 0 Å². The fourth-order valence-electron chi connectivity index (χ4n) is 1.69. The SMILES string of the molecule is C#CC(C)NCC1CN(C)CCN1C. The number of hydrogen-bond acceptors (Lipinski definition) is 3. The zero-order valence-corrected chi connectivity index (χ0v) is 9.45. The van der Waals surface area contributed by atoms with E-state index in [1.807, 2.05) is 6.92 Å². The van der Waals surface area contributed by atoms with Crippen molar-refractivity contribution in [3.8, 4) is 12.3 Å². The Balaban J connectivity index is 2.31. The number of rotatable bonds is 3. The first-order chi connectivity index (χ1) is 6.63. The van der Waals surface area contributed by atoms with E-state index in [1.54, 1.807) is 0 Å². The Morgan fingerprint density at radius 1 is 1.50 bits per heavy atom. The maximum atomic E-state index is 5.31. The molecular weight excluding hydrogens is 174 g/mol. The van der Waals surface area contributed by atoms with E-state index in [9.17, 15) is 0 Å². The molecule has 0 spiro atoms. The summed E-state index contributed by atoms with van der Waals surface area (Å²) in [5.74, 6) is 2.69. The number of hydrogen-bond donors (Lipinski definition) is 1. The van der Waals surface area contributed by atoms with Crippen LogP contribution in [0.5, 0.6) is 0 Å². The third kappa shape index (κ3) is 3.30. The molecule has 0 aromatic heterocycles. The van der Waals surface area contributed by atoms with Gasteiger partial charge in [-0.25, -0.2) is 0 Å². The molecule has 14 heavy (non-hydrogen) atoms. The molecule has 0 aliphatic carbocycles. The van der Waals surface area contributed by atoms with Crippen molar-refractivity contribution in [3.05, 3.63) is 0 Å². The summed E-state index contributed by atoms with van der Waals surface area (Å²) in [5.41, 5.74) is 0. The Hall–Kier alpha value is -0.560. The third-order valence-electron chi connectivity index (χ3n) is 2.89. The minimum absolute atomic E-state index is 0.177. The van der Waals surface area contributed by atoms with Gasteiger partial charge in [-0.3, -0.25) is 4.90 Å². The van der Waals surface area contributed by atoms with E-state index < -0.39 is 0 Å². The highest BCUT2D eigenvalue weighted by molar-refractivity contribution is 4.96. The predicted molar refractivity (Wildman–Crippen MR) is 60.2 cm³/mol. The highest BCUT2D eigenvalue weighted by Gasteiger charge is 2.21. The van der Waals surface area contributed by atoms with Crippen LogP contribution in [0.15, 0.2) is 0 Å². The van der Waals surface area contributed by atoms with Gasteiger partial charge in [0.25, 0.3) is 0 Å². The second kappa shape index (κ2) is 5.35. The van der Waals surface area contributed by atoms with E-state index in [0.717, 1.165) is 26.2 Å². The second-order valence-electron chi connectivity index (χ2n) is 4.19. The summed E-state index contributed by atoms with van der Waals surface area (Å²) in [6.07, 6.45) is 5.31. The lowest BCUT2D eigenvalue weighted by Crippen LogP contribution is -2.54. The van der Waals surface area contributed by atoms with Crippen LogP contribution in [-0.4, -0.2) is 62.2 Å². The minimum Gasteiger partial charge on any atom is -0.303 e. The molecule has 1 N–H and O–H groups in total. The molecule has 1 aliphatic heterocycles. The van der Waals surface area contributed by atoms with Crippen LogP contribution >= 0.6 is 0 Å². The average Bonchev–Trinajstić information content (AvgIpc) is 2.19. The van der Waals surface area contributed by atoms with E-state index >= 15 is 0 Å². The molecule has 0 aromatic rings. The molecule has 1 saturated heterocycles. The van der Waals surface area contributed by atoms with Gasteiger partial charge in [0.15, 0.2) is 0 Å². The van der Waals surface area contributed by atoms with E-state index in [0.29, 0.717) is 6.04 Å². The first kappa shape index (κ1) is 11.5. The standard InChI is InChI=1S/C11H21N3/c1-5-10(2)12-8-11-9-13(3)6-7-14(11)4/h1,10-12H,6-9H2,2-4H3. The molecule has 1 rings (SSSR count). The van der Waals surface area contributed by atoms with Crippen molar-refractivity contribution < 1.29 is 0 Å². The van der Waals surface area contributed by atoms with Crippen LogP contribution in [0.3, 0.4) is 0 Å². The van der Waals surface area contributed by atoms with E-state index in [2.05, 4.69) is 35.1 Å². The van der Waals surface area contributed by atoms with Gasteiger partial charge in [-0.1, -0.05) is 5.92 Å². The van der Waals surface area contributed by atoms with Crippen LogP contribution in [0.2, 0.25) is 0 Å². The summed E-state index contributed by atoms with van der Waals surface area (Å²) in [6, 6.07) is 0.764. The normalized spacial score (nSPS) is 27.1. The van der Waals surface area contributed by atoms with Crippen molar-refractivity contribution in [3.63, 3.8) is 0 Å². The Morgan fingerprint density at radius 2 is 2.21 bits per heavy atom. The molecule has 1 fully saturated rings. The van der Waals surface area contributed by atoms with Crippen molar-refractivity contribution >= 4 is 0 Å². The molecule has 0 amide bonds. The molecule has 0 radical (unpaired) electrons. The molecular formula is C11H21N3. The number of nitrogens with one attached hydrogen (secondary N) is 1. The van der Waals surface area contributed by atoms with Crippen molar-refractivity contribution in [1.29, 1.82) is 0 Å². The zero-order valence-electron chi connectivity index (χ0n) is 9.45. The minimum atomic E-state index is 0.177. The monoisotopic (exact) mass is 195 g/mol. The topological polar surface area (TPSA) is 18.5 Å². The highest BCUT2D eigenvalue weighted by atomic mass is 15.3. The smallest absolute Gasteiger partial charge is 0.0658 e. The van der Waals surface area contributed by atoms with E-state index in [1.165, 1.54) is 0 Å². The molecule has 1 aliphatic rings. The Labute approximate surface area is 87.5 Å². The molecule has 2 unspecified atom stereocenters. The van der Waals surface area contributed by atoms with E-state index in [4.69, 9.17) is 6.42 Å². The van der Waals surface area contributed by atoms with Crippen LogP contribution in [0, 0.1) is 12.3 Å². The number of nitrogens with zero attached hydrogens (tertiary/aromatic N) is 2. The van der Waals surface area contributed by atoms with E-state index in [-0.39, 0.29) is 6.04 Å². The Morgan fingerprint density at radius 3 is 2.86 bits per heavy atom. The molecule has 1 heterocycles. The molecule has 3 nitrogen and oxygen atoms in total. The maximum Gasteiger partial charge on any atom is 0.0658 e. The summed E-state index contributed by atoms with van der Waals surface area (Å²) in [6.45, 7) is 6.44. The fourth-order valence-corrected chi connectivity index (χ4v) is 1.69. The average molecular weight is 195 g/mol. The summed E-state index contributed by atoms with van der Waals surface area (Å²) < 4.78 is 0. The summed E-state index contributed by atoms with van der Waals surface area (Å²) >= 11 is 0. The van der Waals surface area contributed by atoms with Crippen LogP contribution in [0.1, 0.15) is 6.92 Å². The second-order valence-corrected chi connectivity index (χ2v) is 4.19. The van der Waals surface area contributed by atoms with Gasteiger partial charge < -0.3 is 10.2 Å². The molecule has 0 bridgehead atoms. The quantitative estimate of drug-likeness (QED) is 0.632. The van der Waals surface area contributed by atoms with Crippen LogP contribution in [-0.2, 0) is 0 Å². The highest BCUT2D eigenvalue weighted by Crippen LogP contribution is 2.04. The summed E-state index contributed by atoms with van der Waals surface area (Å²) in [7, 11) is 4.35. The van der Waals surface area contributed by atoms with Crippen molar-refractivity contribution in [2.75, 3.05) is 40.3 Å². The maximum absolute atomic E-state index is 5.31. The van der Waals surface area contributed by atoms with Gasteiger partial charge in [0, 0.05) is 32.2 Å². The predicted octanol–water partition coefficient (Wildman–Crippen LogP) is -0.156. The molecule has 0 saturated carbocycles. The summed E-state index contributed by atoms with van der Waals surface area (Å²) in [4.78, 5) is 4.77. The fraction of sp³-hybridized carbons (Fsp3) is 0.818. The lowest BCUT2D eigenvalue weighted by Gasteiger charge is -2.38. The summed E-state index contributed by atoms with van der Waals surface area (Å²) in [5, 5.41) is 3.35. The Bertz CT molecular complexity index is 209. The molecule has 2 atom stereocenters. The molecule has 3 heteroatoms. The number of piperazine rings is 1. The zero-order chi connectivity index (χ0) is 10.6.